The third kappa shape index (κ3) is 3.55. The Morgan fingerprint density at radius 1 is 1.09 bits per heavy atom. The van der Waals surface area contributed by atoms with Crippen LogP contribution in [0.2, 0.25) is 0 Å². The molecule has 2 aromatic carbocycles. The summed E-state index contributed by atoms with van der Waals surface area (Å²) in [6, 6.07) is 7.91. The fraction of sp³-hybridized carbons (Fsp3) is 0.133. The summed E-state index contributed by atoms with van der Waals surface area (Å²) in [4.78, 5) is 12.0. The van der Waals surface area contributed by atoms with Crippen molar-refractivity contribution in [3.8, 4) is 0 Å². The van der Waals surface area contributed by atoms with Crippen LogP contribution in [0.4, 0.5) is 28.9 Å². The predicted molar refractivity (Wildman–Crippen MR) is 75.3 cm³/mol. The fourth-order valence-corrected chi connectivity index (χ4v) is 1.83. The summed E-state index contributed by atoms with van der Waals surface area (Å²) in [5.41, 5.74) is -0.602. The Hall–Kier alpha value is -2.57. The number of carbonyl (C=O) groups is 1. The number of carbonyl (C=O) groups excluding carboxylic acids is 1. The molecule has 0 unspecified atom stereocenters. The molecule has 0 aliphatic carbocycles. The van der Waals surface area contributed by atoms with Crippen molar-refractivity contribution in [2.24, 2.45) is 0 Å². The molecule has 3 nitrogen and oxygen atoms in total. The normalized spacial score (nSPS) is 11.1. The van der Waals surface area contributed by atoms with E-state index in [0.29, 0.717) is 0 Å². The van der Waals surface area contributed by atoms with Gasteiger partial charge in [-0.15, -0.1) is 0 Å². The predicted octanol–water partition coefficient (Wildman–Crippen LogP) is 4.14. The number of hydrogen-bond acceptors (Lipinski definition) is 2. The van der Waals surface area contributed by atoms with E-state index in [0.717, 1.165) is 18.2 Å². The van der Waals surface area contributed by atoms with Gasteiger partial charge in [0.25, 0.3) is 5.91 Å². The van der Waals surface area contributed by atoms with Gasteiger partial charge in [0, 0.05) is 18.3 Å². The highest BCUT2D eigenvalue weighted by atomic mass is 19.4. The minimum atomic E-state index is -4.49. The first kappa shape index (κ1) is 15.8. The van der Waals surface area contributed by atoms with E-state index in [9.17, 15) is 22.4 Å². The van der Waals surface area contributed by atoms with Crippen molar-refractivity contribution in [2.75, 3.05) is 17.7 Å². The number of nitrogens with one attached hydrogen (secondary N) is 2. The molecule has 0 fully saturated rings. The van der Waals surface area contributed by atoms with Gasteiger partial charge in [-0.3, -0.25) is 4.79 Å². The smallest absolute Gasteiger partial charge is 0.386 e. The number of benzene rings is 2. The molecule has 2 rings (SSSR count). The third-order valence-electron chi connectivity index (χ3n) is 2.95. The summed E-state index contributed by atoms with van der Waals surface area (Å²) in [6.45, 7) is 0. The van der Waals surface area contributed by atoms with E-state index >= 15 is 0 Å². The minimum absolute atomic E-state index is 0.00941. The van der Waals surface area contributed by atoms with E-state index in [2.05, 4.69) is 10.6 Å². The zero-order valence-electron chi connectivity index (χ0n) is 11.5. The van der Waals surface area contributed by atoms with Gasteiger partial charge in [-0.1, -0.05) is 6.07 Å². The Labute approximate surface area is 124 Å². The molecule has 7 heteroatoms. The molecule has 0 aliphatic rings. The van der Waals surface area contributed by atoms with Gasteiger partial charge >= 0.3 is 6.18 Å². The molecule has 0 radical (unpaired) electrons. The second-order valence-corrected chi connectivity index (χ2v) is 4.48. The van der Waals surface area contributed by atoms with Crippen LogP contribution < -0.4 is 10.6 Å². The van der Waals surface area contributed by atoms with E-state index < -0.39 is 23.5 Å². The van der Waals surface area contributed by atoms with Gasteiger partial charge in [-0.2, -0.15) is 13.2 Å². The molecule has 0 heterocycles. The van der Waals surface area contributed by atoms with Crippen LogP contribution in [0, 0.1) is 5.82 Å². The monoisotopic (exact) mass is 312 g/mol. The molecule has 0 aliphatic heterocycles. The Kier molecular flexibility index (Phi) is 4.35. The van der Waals surface area contributed by atoms with E-state index in [1.54, 1.807) is 0 Å². The molecule has 0 bridgehead atoms. The van der Waals surface area contributed by atoms with E-state index in [1.807, 2.05) is 0 Å². The van der Waals surface area contributed by atoms with Crippen molar-refractivity contribution < 1.29 is 22.4 Å². The van der Waals surface area contributed by atoms with Crippen LogP contribution in [0.3, 0.4) is 0 Å². The first-order valence-corrected chi connectivity index (χ1v) is 6.27. The quantitative estimate of drug-likeness (QED) is 0.836. The largest absolute Gasteiger partial charge is 0.416 e. The summed E-state index contributed by atoms with van der Waals surface area (Å²) in [5, 5.41) is 4.93. The topological polar surface area (TPSA) is 41.1 Å². The van der Waals surface area contributed by atoms with Crippen molar-refractivity contribution in [3.63, 3.8) is 0 Å². The van der Waals surface area contributed by atoms with Crippen molar-refractivity contribution in [1.29, 1.82) is 0 Å². The number of alkyl halides is 3. The maximum Gasteiger partial charge on any atom is 0.416 e. The molecule has 116 valence electrons. The van der Waals surface area contributed by atoms with Crippen molar-refractivity contribution in [3.05, 3.63) is 59.4 Å². The summed E-state index contributed by atoms with van der Waals surface area (Å²) in [7, 11) is 1.49. The molecule has 0 atom stereocenters. The first-order chi connectivity index (χ1) is 10.3. The highest BCUT2D eigenvalue weighted by molar-refractivity contribution is 6.04. The second-order valence-electron chi connectivity index (χ2n) is 4.48. The second kappa shape index (κ2) is 6.05. The Morgan fingerprint density at radius 3 is 2.45 bits per heavy atom. The first-order valence-electron chi connectivity index (χ1n) is 6.27. The van der Waals surface area contributed by atoms with Gasteiger partial charge in [0.15, 0.2) is 0 Å². The van der Waals surface area contributed by atoms with E-state index in [1.165, 1.54) is 31.3 Å². The lowest BCUT2D eigenvalue weighted by Crippen LogP contribution is -2.13. The molecule has 0 saturated heterocycles. The summed E-state index contributed by atoms with van der Waals surface area (Å²) in [6.07, 6.45) is -4.49. The molecule has 2 N–H and O–H groups in total. The van der Waals surface area contributed by atoms with Gasteiger partial charge in [0.1, 0.15) is 5.82 Å². The van der Waals surface area contributed by atoms with Crippen LogP contribution in [0.15, 0.2) is 42.5 Å². The molecule has 2 aromatic rings. The number of amides is 1. The van der Waals surface area contributed by atoms with Gasteiger partial charge < -0.3 is 10.6 Å². The zero-order valence-corrected chi connectivity index (χ0v) is 11.5. The van der Waals surface area contributed by atoms with Crippen LogP contribution in [0.1, 0.15) is 15.9 Å². The van der Waals surface area contributed by atoms with E-state index in [-0.39, 0.29) is 16.9 Å². The molecule has 0 aromatic heterocycles. The average Bonchev–Trinajstić information content (AvgIpc) is 2.47. The van der Waals surface area contributed by atoms with Crippen LogP contribution in [-0.4, -0.2) is 13.0 Å². The van der Waals surface area contributed by atoms with Gasteiger partial charge in [-0.05, 0) is 36.4 Å². The van der Waals surface area contributed by atoms with E-state index in [4.69, 9.17) is 0 Å². The lowest BCUT2D eigenvalue weighted by molar-refractivity contribution is -0.137. The zero-order chi connectivity index (χ0) is 16.3. The molecular weight excluding hydrogens is 300 g/mol. The minimum Gasteiger partial charge on any atom is -0.386 e. The maximum atomic E-state index is 13.3. The summed E-state index contributed by atoms with van der Waals surface area (Å²) in [5.74, 6) is -1.16. The number of rotatable bonds is 3. The fourth-order valence-electron chi connectivity index (χ4n) is 1.83. The standard InChI is InChI=1S/C15H12F4N2O/c1-20-13-7-9(5-6-12(13)16)14(22)21-11-4-2-3-10(8-11)15(17,18)19/h2-8,20H,1H3,(H,21,22). The molecular formula is C15H12F4N2O. The van der Waals surface area contributed by atoms with Crippen LogP contribution in [0.25, 0.3) is 0 Å². The molecule has 0 spiro atoms. The Morgan fingerprint density at radius 2 is 1.82 bits per heavy atom. The van der Waals surface area contributed by atoms with Gasteiger partial charge in [0.05, 0.1) is 11.3 Å². The summed E-state index contributed by atoms with van der Waals surface area (Å²) >= 11 is 0. The SMILES string of the molecule is CNc1cc(C(=O)Nc2cccc(C(F)(F)F)c2)ccc1F. The van der Waals surface area contributed by atoms with Crippen LogP contribution >= 0.6 is 0 Å². The van der Waals surface area contributed by atoms with Crippen LogP contribution in [0.5, 0.6) is 0 Å². The highest BCUT2D eigenvalue weighted by Gasteiger charge is 2.30. The molecule has 0 saturated carbocycles. The molecule has 1 amide bonds. The number of halogens is 4. The maximum absolute atomic E-state index is 13.3. The lowest BCUT2D eigenvalue weighted by Gasteiger charge is -2.10. The number of anilines is 2. The van der Waals surface area contributed by atoms with Gasteiger partial charge in [0.2, 0.25) is 0 Å². The third-order valence-corrected chi connectivity index (χ3v) is 2.95. The number of hydrogen-bond donors (Lipinski definition) is 2. The Bertz CT molecular complexity index is 698. The Balaban J connectivity index is 2.22. The lowest BCUT2D eigenvalue weighted by atomic mass is 10.1. The van der Waals surface area contributed by atoms with Crippen molar-refractivity contribution >= 4 is 17.3 Å². The van der Waals surface area contributed by atoms with Crippen LogP contribution in [-0.2, 0) is 6.18 Å². The van der Waals surface area contributed by atoms with Gasteiger partial charge in [-0.25, -0.2) is 4.39 Å². The molecule has 22 heavy (non-hydrogen) atoms. The summed E-state index contributed by atoms with van der Waals surface area (Å²) < 4.78 is 51.2. The van der Waals surface area contributed by atoms with Crippen molar-refractivity contribution in [1.82, 2.24) is 0 Å². The van der Waals surface area contributed by atoms with Crippen molar-refractivity contribution in [2.45, 2.75) is 6.18 Å². The average molecular weight is 312 g/mol. The highest BCUT2D eigenvalue weighted by Crippen LogP contribution is 2.30.